The Morgan fingerprint density at radius 3 is 2.47 bits per heavy atom. The molecule has 1 aromatic rings. The van der Waals surface area contributed by atoms with Crippen LogP contribution in [0, 0.1) is 0 Å². The third kappa shape index (κ3) is 2.60. The van der Waals surface area contributed by atoms with Gasteiger partial charge in [0.2, 0.25) is 5.78 Å². The second-order valence-corrected chi connectivity index (χ2v) is 6.11. The second kappa shape index (κ2) is 5.71. The number of ketones is 1. The number of halogens is 1. The molecule has 1 saturated heterocycles. The summed E-state index contributed by atoms with van der Waals surface area (Å²) in [5, 5.41) is 7.83. The number of hydrogen-bond acceptors (Lipinski definition) is 4. The van der Waals surface area contributed by atoms with Gasteiger partial charge in [0, 0.05) is 7.05 Å². The molecule has 0 spiro atoms. The van der Waals surface area contributed by atoms with Gasteiger partial charge in [-0.15, -0.1) is 5.10 Å². The van der Waals surface area contributed by atoms with Crippen LogP contribution < -0.4 is 0 Å². The third-order valence-corrected chi connectivity index (χ3v) is 4.77. The number of carbonyl (C=O) groups is 1. The lowest BCUT2D eigenvalue weighted by Gasteiger charge is -2.41. The number of hydrogen-bond donors (Lipinski definition) is 0. The maximum Gasteiger partial charge on any atom is 0.203 e. The van der Waals surface area contributed by atoms with E-state index >= 15 is 0 Å². The van der Waals surface area contributed by atoms with Crippen LogP contribution in [0.2, 0.25) is 0 Å². The van der Waals surface area contributed by atoms with E-state index in [2.05, 4.69) is 38.1 Å². The fraction of sp³-hybridized carbons (Fsp3) is 0.769. The molecule has 1 unspecified atom stereocenters. The van der Waals surface area contributed by atoms with Gasteiger partial charge in [-0.05, 0) is 55.2 Å². The summed E-state index contributed by atoms with van der Waals surface area (Å²) in [5.74, 6) is 0.108. The Balaban J connectivity index is 2.32. The molecule has 2 heterocycles. The van der Waals surface area contributed by atoms with Crippen molar-refractivity contribution >= 4 is 21.7 Å². The molecule has 19 heavy (non-hydrogen) atoms. The molecular weight excluding hydrogens is 308 g/mol. The number of Topliss-reactive ketones (excluding diaryl/α,β-unsaturated/α-hetero) is 1. The Labute approximate surface area is 122 Å². The molecule has 1 aromatic heterocycles. The van der Waals surface area contributed by atoms with E-state index in [0.29, 0.717) is 10.3 Å². The zero-order valence-corrected chi connectivity index (χ0v) is 13.4. The predicted octanol–water partition coefficient (Wildman–Crippen LogP) is 2.41. The first kappa shape index (κ1) is 14.7. The van der Waals surface area contributed by atoms with Crippen molar-refractivity contribution in [1.82, 2.24) is 19.9 Å². The molecule has 0 aliphatic carbocycles. The van der Waals surface area contributed by atoms with Gasteiger partial charge in [-0.1, -0.05) is 18.6 Å². The largest absolute Gasteiger partial charge is 0.291 e. The van der Waals surface area contributed by atoms with Crippen LogP contribution in [0.5, 0.6) is 0 Å². The average molecular weight is 329 g/mol. The lowest BCUT2D eigenvalue weighted by atomic mass is 9.87. The fourth-order valence-electron chi connectivity index (χ4n) is 2.74. The number of likely N-dealkylation sites (tertiary alicyclic amines) is 1. The summed E-state index contributed by atoms with van der Waals surface area (Å²) in [5.41, 5.74) is 0.105. The zero-order valence-electron chi connectivity index (χ0n) is 11.8. The summed E-state index contributed by atoms with van der Waals surface area (Å²) in [6.07, 6.45) is 4.41. The molecule has 5 nitrogen and oxygen atoms in total. The summed E-state index contributed by atoms with van der Waals surface area (Å²) in [6.45, 7) is 6.11. The van der Waals surface area contributed by atoms with Gasteiger partial charge >= 0.3 is 0 Å². The van der Waals surface area contributed by atoms with Crippen LogP contribution in [0.15, 0.2) is 4.60 Å². The number of nitrogens with zero attached hydrogens (tertiary/aromatic N) is 4. The smallest absolute Gasteiger partial charge is 0.203 e. The van der Waals surface area contributed by atoms with Crippen LogP contribution in [0.1, 0.15) is 50.0 Å². The molecule has 0 saturated carbocycles. The fourth-order valence-corrected chi connectivity index (χ4v) is 3.25. The molecular formula is C13H21BrN4O. The van der Waals surface area contributed by atoms with Gasteiger partial charge in [-0.25, -0.2) is 4.68 Å². The van der Waals surface area contributed by atoms with Gasteiger partial charge in [-0.2, -0.15) is 0 Å². The minimum atomic E-state index is -0.460. The highest BCUT2D eigenvalue weighted by atomic mass is 79.9. The predicted molar refractivity (Wildman–Crippen MR) is 77.2 cm³/mol. The van der Waals surface area contributed by atoms with Crippen molar-refractivity contribution in [3.05, 3.63) is 10.3 Å². The Morgan fingerprint density at radius 1 is 1.37 bits per heavy atom. The standard InChI is InChI=1S/C13H21BrN4O/c1-4-13(2,18-8-6-5-7-9-18)11(19)10-12(14)15-16-17(10)3/h4-9H2,1-3H3. The molecule has 0 N–H and O–H groups in total. The Bertz CT molecular complexity index is 448. The summed E-state index contributed by atoms with van der Waals surface area (Å²) in [7, 11) is 1.76. The first-order valence-corrected chi connectivity index (χ1v) is 7.65. The van der Waals surface area contributed by atoms with Crippen LogP contribution in [0.3, 0.4) is 0 Å². The highest BCUT2D eigenvalue weighted by Crippen LogP contribution is 2.29. The first-order valence-electron chi connectivity index (χ1n) is 6.85. The Kier molecular flexibility index (Phi) is 4.40. The van der Waals surface area contributed by atoms with Crippen LogP contribution in [-0.4, -0.2) is 44.3 Å². The molecule has 1 aliphatic heterocycles. The van der Waals surface area contributed by atoms with Gasteiger partial charge in [0.1, 0.15) is 5.69 Å². The first-order chi connectivity index (χ1) is 9.00. The van der Waals surface area contributed by atoms with Crippen LogP contribution >= 0.6 is 15.9 Å². The zero-order chi connectivity index (χ0) is 14.0. The van der Waals surface area contributed by atoms with Crippen molar-refractivity contribution in [3.8, 4) is 0 Å². The molecule has 2 rings (SSSR count). The number of rotatable bonds is 4. The van der Waals surface area contributed by atoms with Gasteiger partial charge in [0.05, 0.1) is 5.54 Å². The summed E-state index contributed by atoms with van der Waals surface area (Å²) >= 11 is 3.33. The molecule has 1 aliphatic rings. The molecule has 0 aromatic carbocycles. The van der Waals surface area contributed by atoms with Gasteiger partial charge in [-0.3, -0.25) is 9.69 Å². The van der Waals surface area contributed by atoms with E-state index in [0.717, 1.165) is 19.5 Å². The Hall–Kier alpha value is -0.750. The molecule has 1 fully saturated rings. The maximum absolute atomic E-state index is 12.9. The SMILES string of the molecule is CCC(C)(C(=O)c1c(Br)nnn1C)N1CCCCC1. The van der Waals surface area contributed by atoms with E-state index in [4.69, 9.17) is 0 Å². The number of aromatic nitrogens is 3. The molecule has 106 valence electrons. The van der Waals surface area contributed by atoms with Crippen molar-refractivity contribution < 1.29 is 4.79 Å². The van der Waals surface area contributed by atoms with E-state index in [-0.39, 0.29) is 5.78 Å². The third-order valence-electron chi connectivity index (χ3n) is 4.23. The lowest BCUT2D eigenvalue weighted by molar-refractivity contribution is 0.0495. The summed E-state index contributed by atoms with van der Waals surface area (Å²) in [6, 6.07) is 0. The van der Waals surface area contributed by atoms with Crippen LogP contribution in [0.25, 0.3) is 0 Å². The van der Waals surface area contributed by atoms with Crippen LogP contribution in [0.4, 0.5) is 0 Å². The topological polar surface area (TPSA) is 51.0 Å². The van der Waals surface area contributed by atoms with E-state index in [1.165, 1.54) is 19.3 Å². The minimum absolute atomic E-state index is 0.108. The van der Waals surface area contributed by atoms with Crippen molar-refractivity contribution in [2.75, 3.05) is 13.1 Å². The van der Waals surface area contributed by atoms with Crippen molar-refractivity contribution in [2.45, 2.75) is 45.1 Å². The van der Waals surface area contributed by atoms with E-state index < -0.39 is 5.54 Å². The molecule has 0 bridgehead atoms. The van der Waals surface area contributed by atoms with E-state index in [1.54, 1.807) is 11.7 Å². The quantitative estimate of drug-likeness (QED) is 0.796. The van der Waals surface area contributed by atoms with Crippen molar-refractivity contribution in [2.24, 2.45) is 7.05 Å². The number of carbonyl (C=O) groups excluding carboxylic acids is 1. The molecule has 0 amide bonds. The normalized spacial score (nSPS) is 20.2. The lowest BCUT2D eigenvalue weighted by Crippen LogP contribution is -2.54. The second-order valence-electron chi connectivity index (χ2n) is 5.36. The highest BCUT2D eigenvalue weighted by molar-refractivity contribution is 9.10. The van der Waals surface area contributed by atoms with Crippen LogP contribution in [-0.2, 0) is 7.05 Å². The monoisotopic (exact) mass is 328 g/mol. The minimum Gasteiger partial charge on any atom is -0.291 e. The van der Waals surface area contributed by atoms with E-state index in [9.17, 15) is 4.79 Å². The molecule has 6 heteroatoms. The van der Waals surface area contributed by atoms with Crippen molar-refractivity contribution in [1.29, 1.82) is 0 Å². The Morgan fingerprint density at radius 2 is 2.00 bits per heavy atom. The number of aryl methyl sites for hydroxylation is 1. The summed E-state index contributed by atoms with van der Waals surface area (Å²) in [4.78, 5) is 15.2. The van der Waals surface area contributed by atoms with Gasteiger partial charge in [0.25, 0.3) is 0 Å². The molecule has 1 atom stereocenters. The maximum atomic E-state index is 12.9. The highest BCUT2D eigenvalue weighted by Gasteiger charge is 2.41. The van der Waals surface area contributed by atoms with Crippen molar-refractivity contribution in [3.63, 3.8) is 0 Å². The average Bonchev–Trinajstić information content (AvgIpc) is 2.77. The van der Waals surface area contributed by atoms with Gasteiger partial charge in [0.15, 0.2) is 4.60 Å². The van der Waals surface area contributed by atoms with Gasteiger partial charge < -0.3 is 0 Å². The molecule has 0 radical (unpaired) electrons. The van der Waals surface area contributed by atoms with E-state index in [1.807, 2.05) is 6.92 Å². The summed E-state index contributed by atoms with van der Waals surface area (Å²) < 4.78 is 2.10. The number of piperidine rings is 1.